The zero-order valence-corrected chi connectivity index (χ0v) is 24.8. The lowest BCUT2D eigenvalue weighted by atomic mass is 9.96. The Morgan fingerprint density at radius 3 is 2.20 bits per heavy atom. The summed E-state index contributed by atoms with van der Waals surface area (Å²) in [5.74, 6) is -1.72. The lowest BCUT2D eigenvalue weighted by Crippen LogP contribution is -2.56. The van der Waals surface area contributed by atoms with E-state index in [1.54, 1.807) is 32.9 Å². The Morgan fingerprint density at radius 2 is 1.63 bits per heavy atom. The number of aromatic hydroxyl groups is 1. The molecular weight excluding hydrogens is 524 g/mol. The number of nitrogens with two attached hydrogens (primary N) is 1. The molecule has 2 aromatic carbocycles. The number of phenolic OH excluding ortho intramolecular Hbond substituents is 1. The standard InChI is InChI=1S/C31H44N4O6/c1-20(2)15-16-21(3)35(29(39)25(18-26(32)37)34-30(40)41-31(4,5)6)27(23-13-10-14-24(36)17-23)28(38)33-19-22-11-8-7-9-12-22/h7-14,17,20-21,25,27,36H,15-16,18-19H2,1-6H3,(H2,32,37)(H,33,38)(H,34,40). The number of rotatable bonds is 13. The van der Waals surface area contributed by atoms with Gasteiger partial charge in [-0.25, -0.2) is 4.79 Å². The van der Waals surface area contributed by atoms with Crippen molar-refractivity contribution in [2.24, 2.45) is 11.7 Å². The van der Waals surface area contributed by atoms with Crippen molar-refractivity contribution in [1.29, 1.82) is 0 Å². The van der Waals surface area contributed by atoms with Crippen molar-refractivity contribution in [2.45, 2.75) is 91.1 Å². The highest BCUT2D eigenvalue weighted by atomic mass is 16.6. The fourth-order valence-corrected chi connectivity index (χ4v) is 4.36. The SMILES string of the molecule is CC(C)CCC(C)N(C(=O)C(CC(N)=O)NC(=O)OC(C)(C)C)C(C(=O)NCc1ccccc1)c1cccc(O)c1. The molecule has 0 saturated heterocycles. The highest BCUT2D eigenvalue weighted by Crippen LogP contribution is 2.29. The van der Waals surface area contributed by atoms with Gasteiger partial charge < -0.3 is 31.1 Å². The third kappa shape index (κ3) is 11.1. The first-order valence-corrected chi connectivity index (χ1v) is 13.9. The molecule has 41 heavy (non-hydrogen) atoms. The van der Waals surface area contributed by atoms with Crippen LogP contribution in [0.4, 0.5) is 4.79 Å². The summed E-state index contributed by atoms with van der Waals surface area (Å²) in [6, 6.07) is 12.4. The molecule has 5 N–H and O–H groups in total. The number of nitrogens with one attached hydrogen (secondary N) is 2. The van der Waals surface area contributed by atoms with Gasteiger partial charge in [-0.2, -0.15) is 0 Å². The van der Waals surface area contributed by atoms with E-state index in [4.69, 9.17) is 10.5 Å². The third-order valence-corrected chi connectivity index (χ3v) is 6.31. The van der Waals surface area contributed by atoms with Crippen LogP contribution in [0.25, 0.3) is 0 Å². The summed E-state index contributed by atoms with van der Waals surface area (Å²) in [6.07, 6.45) is -0.0949. The Bertz CT molecular complexity index is 1180. The average molecular weight is 569 g/mol. The molecule has 0 aliphatic rings. The van der Waals surface area contributed by atoms with E-state index in [2.05, 4.69) is 24.5 Å². The number of benzene rings is 2. The van der Waals surface area contributed by atoms with Gasteiger partial charge in [0.15, 0.2) is 0 Å². The summed E-state index contributed by atoms with van der Waals surface area (Å²) in [5.41, 5.74) is 5.85. The molecule has 10 nitrogen and oxygen atoms in total. The van der Waals surface area contributed by atoms with Gasteiger partial charge in [-0.05, 0) is 69.7 Å². The fourth-order valence-electron chi connectivity index (χ4n) is 4.36. The van der Waals surface area contributed by atoms with Crippen LogP contribution in [0.2, 0.25) is 0 Å². The van der Waals surface area contributed by atoms with Gasteiger partial charge in [-0.3, -0.25) is 14.4 Å². The number of amides is 4. The van der Waals surface area contributed by atoms with Crippen LogP contribution in [0.15, 0.2) is 54.6 Å². The van der Waals surface area contributed by atoms with Crippen molar-refractivity contribution in [1.82, 2.24) is 15.5 Å². The number of ether oxygens (including phenoxy) is 1. The Balaban J connectivity index is 2.57. The Labute approximate surface area is 242 Å². The van der Waals surface area contributed by atoms with Gasteiger partial charge in [0, 0.05) is 12.6 Å². The van der Waals surface area contributed by atoms with Crippen molar-refractivity contribution >= 4 is 23.8 Å². The molecule has 0 aromatic heterocycles. The summed E-state index contributed by atoms with van der Waals surface area (Å²) in [4.78, 5) is 54.2. The van der Waals surface area contributed by atoms with Crippen LogP contribution in [0.1, 0.15) is 78.0 Å². The molecule has 0 bridgehead atoms. The number of primary amides is 1. The Hall–Kier alpha value is -4.08. The molecule has 0 radical (unpaired) electrons. The largest absolute Gasteiger partial charge is 0.508 e. The number of hydrogen-bond donors (Lipinski definition) is 4. The lowest BCUT2D eigenvalue weighted by Gasteiger charge is -2.38. The highest BCUT2D eigenvalue weighted by Gasteiger charge is 2.39. The Kier molecular flexibility index (Phi) is 12.2. The Morgan fingerprint density at radius 1 is 0.976 bits per heavy atom. The van der Waals surface area contributed by atoms with Crippen LogP contribution in [-0.2, 0) is 25.7 Å². The van der Waals surface area contributed by atoms with E-state index < -0.39 is 54.0 Å². The van der Waals surface area contributed by atoms with Gasteiger partial charge in [0.25, 0.3) is 0 Å². The van der Waals surface area contributed by atoms with Crippen molar-refractivity contribution in [3.63, 3.8) is 0 Å². The number of carbonyl (C=O) groups is 4. The first-order chi connectivity index (χ1) is 19.2. The van der Waals surface area contributed by atoms with E-state index in [1.165, 1.54) is 17.0 Å². The molecule has 224 valence electrons. The molecule has 0 fully saturated rings. The first kappa shape index (κ1) is 33.1. The molecule has 3 atom stereocenters. The molecule has 2 aromatic rings. The molecule has 4 amide bonds. The van der Waals surface area contributed by atoms with Crippen molar-refractivity contribution in [3.05, 3.63) is 65.7 Å². The van der Waals surface area contributed by atoms with E-state index in [0.29, 0.717) is 17.9 Å². The molecular formula is C31H44N4O6. The molecule has 10 heteroatoms. The maximum absolute atomic E-state index is 14.2. The quantitative estimate of drug-likeness (QED) is 0.285. The number of phenols is 1. The lowest BCUT2D eigenvalue weighted by molar-refractivity contribution is -0.146. The number of nitrogens with zero attached hydrogens (tertiary/aromatic N) is 1. The predicted octanol–water partition coefficient (Wildman–Crippen LogP) is 4.17. The molecule has 0 heterocycles. The first-order valence-electron chi connectivity index (χ1n) is 13.9. The zero-order chi connectivity index (χ0) is 30.7. The third-order valence-electron chi connectivity index (χ3n) is 6.31. The van der Waals surface area contributed by atoms with Crippen molar-refractivity contribution < 1.29 is 29.0 Å². The number of hydrogen-bond acceptors (Lipinski definition) is 6. The van der Waals surface area contributed by atoms with Gasteiger partial charge in [0.1, 0.15) is 23.4 Å². The summed E-state index contributed by atoms with van der Waals surface area (Å²) in [7, 11) is 0. The van der Waals surface area contributed by atoms with E-state index in [9.17, 15) is 24.3 Å². The minimum absolute atomic E-state index is 0.0776. The van der Waals surface area contributed by atoms with E-state index >= 15 is 0 Å². The summed E-state index contributed by atoms with van der Waals surface area (Å²) >= 11 is 0. The normalized spacial score (nSPS) is 13.5. The monoisotopic (exact) mass is 568 g/mol. The summed E-state index contributed by atoms with van der Waals surface area (Å²) in [5, 5.41) is 15.7. The van der Waals surface area contributed by atoms with Gasteiger partial charge in [0.05, 0.1) is 6.42 Å². The fraction of sp³-hybridized carbons (Fsp3) is 0.484. The smallest absolute Gasteiger partial charge is 0.408 e. The molecule has 0 saturated carbocycles. The van der Waals surface area contributed by atoms with Crippen LogP contribution < -0.4 is 16.4 Å². The molecule has 3 unspecified atom stereocenters. The number of alkyl carbamates (subject to hydrolysis) is 1. The minimum Gasteiger partial charge on any atom is -0.508 e. The van der Waals surface area contributed by atoms with Crippen LogP contribution in [0.3, 0.4) is 0 Å². The van der Waals surface area contributed by atoms with Crippen LogP contribution >= 0.6 is 0 Å². The van der Waals surface area contributed by atoms with Gasteiger partial charge in [-0.1, -0.05) is 56.3 Å². The van der Waals surface area contributed by atoms with Crippen LogP contribution in [0.5, 0.6) is 5.75 Å². The maximum atomic E-state index is 14.2. The maximum Gasteiger partial charge on any atom is 0.408 e. The molecule has 2 rings (SSSR count). The summed E-state index contributed by atoms with van der Waals surface area (Å²) in [6.45, 7) is 11.1. The number of carbonyl (C=O) groups excluding carboxylic acids is 4. The van der Waals surface area contributed by atoms with Crippen molar-refractivity contribution in [3.8, 4) is 5.75 Å². The molecule has 0 aliphatic carbocycles. The van der Waals surface area contributed by atoms with Crippen LogP contribution in [0, 0.1) is 5.92 Å². The molecule has 0 aliphatic heterocycles. The van der Waals surface area contributed by atoms with E-state index in [1.807, 2.05) is 37.3 Å². The predicted molar refractivity (Wildman–Crippen MR) is 156 cm³/mol. The van der Waals surface area contributed by atoms with E-state index in [-0.39, 0.29) is 12.3 Å². The zero-order valence-electron chi connectivity index (χ0n) is 24.8. The second-order valence-electron chi connectivity index (χ2n) is 11.6. The topological polar surface area (TPSA) is 151 Å². The average Bonchev–Trinajstić information content (AvgIpc) is 2.87. The van der Waals surface area contributed by atoms with E-state index in [0.717, 1.165) is 12.0 Å². The highest BCUT2D eigenvalue weighted by molar-refractivity contribution is 5.94. The second kappa shape index (κ2) is 15.1. The van der Waals surface area contributed by atoms with Crippen LogP contribution in [-0.4, -0.2) is 51.5 Å². The molecule has 0 spiro atoms. The van der Waals surface area contributed by atoms with Gasteiger partial charge in [-0.15, -0.1) is 0 Å². The minimum atomic E-state index is -1.38. The summed E-state index contributed by atoms with van der Waals surface area (Å²) < 4.78 is 5.33. The second-order valence-corrected chi connectivity index (χ2v) is 11.6. The van der Waals surface area contributed by atoms with Gasteiger partial charge >= 0.3 is 6.09 Å². The van der Waals surface area contributed by atoms with Gasteiger partial charge in [0.2, 0.25) is 17.7 Å². The van der Waals surface area contributed by atoms with Crippen molar-refractivity contribution in [2.75, 3.05) is 0 Å².